The van der Waals surface area contributed by atoms with Gasteiger partial charge in [-0.05, 0) is 44.9 Å². The monoisotopic (exact) mass is 1230 g/mol. The van der Waals surface area contributed by atoms with Crippen molar-refractivity contribution in [3.63, 3.8) is 0 Å². The third-order valence-corrected chi connectivity index (χ3v) is 18.8. The van der Waals surface area contributed by atoms with Crippen LogP contribution in [-0.4, -0.2) is 110 Å². The molecule has 1 saturated heterocycles. The van der Waals surface area contributed by atoms with E-state index in [9.17, 15) is 40.5 Å². The number of rotatable bonds is 68. The number of ether oxygens (including phenoxy) is 2. The molecule has 1 aliphatic rings. The van der Waals surface area contributed by atoms with Crippen molar-refractivity contribution in [2.24, 2.45) is 0 Å². The van der Waals surface area contributed by atoms with Crippen LogP contribution in [-0.2, 0) is 14.3 Å². The molecule has 0 aromatic carbocycles. The zero-order valence-corrected chi connectivity index (χ0v) is 57.3. The first-order valence-electron chi connectivity index (χ1n) is 38.2. The number of hydrogen-bond acceptors (Lipinski definition) is 10. The van der Waals surface area contributed by atoms with Crippen LogP contribution in [0, 0.1) is 0 Å². The summed E-state index contributed by atoms with van der Waals surface area (Å²) in [6, 6.07) is -1.17. The maximum atomic E-state index is 13.3. The number of allylic oxidation sites excluding steroid dienone is 4. The van der Waals surface area contributed by atoms with Crippen molar-refractivity contribution in [3.05, 3.63) is 24.3 Å². The predicted molar refractivity (Wildman–Crippen MR) is 367 cm³/mol. The van der Waals surface area contributed by atoms with Crippen LogP contribution in [0.15, 0.2) is 24.3 Å². The van der Waals surface area contributed by atoms with Gasteiger partial charge in [0.25, 0.3) is 0 Å². The summed E-state index contributed by atoms with van der Waals surface area (Å²) in [6.07, 6.45) is 71.3. The molecule has 1 fully saturated rings. The van der Waals surface area contributed by atoms with Crippen molar-refractivity contribution in [1.29, 1.82) is 0 Å². The first-order chi connectivity index (χ1) is 42.7. The largest absolute Gasteiger partial charge is 0.394 e. The van der Waals surface area contributed by atoms with Gasteiger partial charge in [0.2, 0.25) is 5.91 Å². The van der Waals surface area contributed by atoms with E-state index in [1.54, 1.807) is 0 Å². The molecular formula is C76H147NO10. The summed E-state index contributed by atoms with van der Waals surface area (Å²) in [6.45, 7) is 3.53. The topological polar surface area (TPSA) is 189 Å². The van der Waals surface area contributed by atoms with E-state index >= 15 is 0 Å². The maximum absolute atomic E-state index is 13.3. The second kappa shape index (κ2) is 64.7. The number of hydrogen-bond donors (Lipinski definition) is 8. The summed E-state index contributed by atoms with van der Waals surface area (Å²) in [5.74, 6) is -0.689. The fraction of sp³-hybridized carbons (Fsp3) is 0.934. The molecule has 9 atom stereocenters. The summed E-state index contributed by atoms with van der Waals surface area (Å²) in [7, 11) is 0. The van der Waals surface area contributed by atoms with Gasteiger partial charge in [-0.15, -0.1) is 0 Å². The van der Waals surface area contributed by atoms with Crippen LogP contribution in [0.5, 0.6) is 0 Å². The molecule has 1 rings (SSSR count). The van der Waals surface area contributed by atoms with E-state index < -0.39 is 74.2 Å². The number of carbonyl (C=O) groups excluding carboxylic acids is 1. The Kier molecular flexibility index (Phi) is 62.2. The Morgan fingerprint density at radius 2 is 0.701 bits per heavy atom. The molecule has 1 amide bonds. The minimum absolute atomic E-state index is 0.263. The van der Waals surface area contributed by atoms with Gasteiger partial charge in [-0.1, -0.05) is 366 Å². The molecule has 0 aliphatic carbocycles. The molecule has 516 valence electrons. The van der Waals surface area contributed by atoms with Crippen LogP contribution in [0.2, 0.25) is 0 Å². The van der Waals surface area contributed by atoms with E-state index in [0.29, 0.717) is 19.3 Å². The second-order valence-electron chi connectivity index (χ2n) is 27.1. The SMILES string of the molecule is CCCCCCCCCCCCC/C=C\C/C=C\CCCCCCCCCCCCCCCCCCC(O)C(=O)NC(COC1OC(CO)C(O)C(O)C1O)C(O)C(O)CCCCCCCCCCCCCCCCCCCCCCCCCCCC. The van der Waals surface area contributed by atoms with Gasteiger partial charge in [0.05, 0.1) is 25.4 Å². The number of nitrogens with one attached hydrogen (secondary N) is 1. The van der Waals surface area contributed by atoms with Crippen molar-refractivity contribution in [1.82, 2.24) is 5.32 Å². The van der Waals surface area contributed by atoms with Crippen molar-refractivity contribution in [3.8, 4) is 0 Å². The molecule has 11 nitrogen and oxygen atoms in total. The van der Waals surface area contributed by atoms with Crippen molar-refractivity contribution < 1.29 is 50.0 Å². The van der Waals surface area contributed by atoms with Crippen molar-refractivity contribution in [2.45, 2.75) is 441 Å². The van der Waals surface area contributed by atoms with E-state index in [2.05, 4.69) is 43.5 Å². The minimum Gasteiger partial charge on any atom is -0.394 e. The van der Waals surface area contributed by atoms with Gasteiger partial charge in [0.15, 0.2) is 6.29 Å². The first-order valence-corrected chi connectivity index (χ1v) is 38.2. The molecule has 0 aromatic heterocycles. The highest BCUT2D eigenvalue weighted by atomic mass is 16.7. The minimum atomic E-state index is -1.66. The lowest BCUT2D eigenvalue weighted by Gasteiger charge is -2.40. The zero-order chi connectivity index (χ0) is 63.1. The lowest BCUT2D eigenvalue weighted by molar-refractivity contribution is -0.303. The van der Waals surface area contributed by atoms with Crippen LogP contribution in [0.4, 0.5) is 0 Å². The summed E-state index contributed by atoms with van der Waals surface area (Å²) < 4.78 is 11.2. The Morgan fingerprint density at radius 3 is 1.02 bits per heavy atom. The number of amides is 1. The molecular weight excluding hydrogens is 1090 g/mol. The van der Waals surface area contributed by atoms with Crippen LogP contribution in [0.1, 0.15) is 386 Å². The molecule has 0 saturated carbocycles. The van der Waals surface area contributed by atoms with E-state index in [0.717, 1.165) is 44.9 Å². The summed E-state index contributed by atoms with van der Waals surface area (Å²) in [5, 5.41) is 76.7. The van der Waals surface area contributed by atoms with Crippen LogP contribution in [0.3, 0.4) is 0 Å². The van der Waals surface area contributed by atoms with Crippen molar-refractivity contribution in [2.75, 3.05) is 13.2 Å². The molecule has 9 unspecified atom stereocenters. The van der Waals surface area contributed by atoms with Gasteiger partial charge >= 0.3 is 0 Å². The highest BCUT2D eigenvalue weighted by molar-refractivity contribution is 5.80. The van der Waals surface area contributed by atoms with Crippen LogP contribution < -0.4 is 5.32 Å². The maximum Gasteiger partial charge on any atom is 0.249 e. The first kappa shape index (κ1) is 83.6. The standard InChI is InChI=1S/C76H147NO10/c1-3-5-7-9-11-13-15-17-19-21-23-25-27-29-31-32-33-34-35-36-37-38-40-42-44-46-48-50-52-54-56-58-60-62-64-69(80)75(85)77-67(66-86-76-74(84)73(83)72(82)70(65-78)87-76)71(81)68(79)63-61-59-57-55-53-51-49-47-45-43-41-39-30-28-26-24-22-20-18-16-14-12-10-8-6-4-2/h27,29,32-33,67-74,76,78-84H,3-26,28,30-31,34-66H2,1-2H3,(H,77,85)/b29-27-,33-32-. The Hall–Kier alpha value is -1.41. The number of aliphatic hydroxyl groups is 7. The fourth-order valence-corrected chi connectivity index (χ4v) is 12.7. The number of carbonyl (C=O) groups is 1. The Morgan fingerprint density at radius 1 is 0.402 bits per heavy atom. The highest BCUT2D eigenvalue weighted by Gasteiger charge is 2.44. The van der Waals surface area contributed by atoms with Gasteiger partial charge < -0.3 is 50.5 Å². The second-order valence-corrected chi connectivity index (χ2v) is 27.1. The quantitative estimate of drug-likeness (QED) is 0.0215. The van der Waals surface area contributed by atoms with Gasteiger partial charge in [0.1, 0.15) is 36.6 Å². The Labute approximate surface area is 537 Å². The molecule has 0 bridgehead atoms. The van der Waals surface area contributed by atoms with Crippen molar-refractivity contribution >= 4 is 5.91 Å². The van der Waals surface area contributed by atoms with Gasteiger partial charge in [0, 0.05) is 0 Å². The number of unbranched alkanes of at least 4 members (excludes halogenated alkanes) is 52. The zero-order valence-electron chi connectivity index (χ0n) is 57.3. The molecule has 11 heteroatoms. The molecule has 1 aliphatic heterocycles. The fourth-order valence-electron chi connectivity index (χ4n) is 12.7. The normalized spacial score (nSPS) is 18.7. The van der Waals surface area contributed by atoms with Gasteiger partial charge in [-0.25, -0.2) is 0 Å². The predicted octanol–water partition coefficient (Wildman–Crippen LogP) is 19.1. The number of aliphatic hydroxyl groups excluding tert-OH is 7. The Balaban J connectivity index is 2.15. The molecule has 87 heavy (non-hydrogen) atoms. The lowest BCUT2D eigenvalue weighted by Crippen LogP contribution is -2.60. The van der Waals surface area contributed by atoms with E-state index in [1.165, 1.54) is 302 Å². The van der Waals surface area contributed by atoms with E-state index in [1.807, 2.05) is 0 Å². The lowest BCUT2D eigenvalue weighted by atomic mass is 9.98. The third-order valence-electron chi connectivity index (χ3n) is 18.8. The van der Waals surface area contributed by atoms with Gasteiger partial charge in [-0.3, -0.25) is 4.79 Å². The molecule has 0 radical (unpaired) electrons. The summed E-state index contributed by atoms with van der Waals surface area (Å²) >= 11 is 0. The molecule has 1 heterocycles. The Bertz CT molecular complexity index is 1460. The average Bonchev–Trinajstić information content (AvgIpc) is 1.97. The smallest absolute Gasteiger partial charge is 0.249 e. The van der Waals surface area contributed by atoms with Crippen LogP contribution in [0.25, 0.3) is 0 Å². The van der Waals surface area contributed by atoms with E-state index in [4.69, 9.17) is 9.47 Å². The van der Waals surface area contributed by atoms with Crippen LogP contribution >= 0.6 is 0 Å². The molecule has 0 aromatic rings. The summed E-state index contributed by atoms with van der Waals surface area (Å²) in [5.41, 5.74) is 0. The van der Waals surface area contributed by atoms with E-state index in [-0.39, 0.29) is 6.42 Å². The van der Waals surface area contributed by atoms with Gasteiger partial charge in [-0.2, -0.15) is 0 Å². The molecule has 0 spiro atoms. The highest BCUT2D eigenvalue weighted by Crippen LogP contribution is 2.24. The third kappa shape index (κ3) is 51.8. The molecule has 8 N–H and O–H groups in total. The average molecular weight is 1240 g/mol. The summed E-state index contributed by atoms with van der Waals surface area (Å²) in [4.78, 5) is 13.3.